The van der Waals surface area contributed by atoms with E-state index < -0.39 is 0 Å². The van der Waals surface area contributed by atoms with Gasteiger partial charge in [-0.1, -0.05) is 150 Å². The normalized spacial score (nSPS) is 14.1. The van der Waals surface area contributed by atoms with Crippen molar-refractivity contribution >= 4 is 0 Å². The largest absolute Gasteiger partial charge is 0.0654 e. The minimum atomic E-state index is 0.862. The van der Waals surface area contributed by atoms with E-state index in [2.05, 4.69) is 34.6 Å². The Morgan fingerprint density at radius 3 is 1.15 bits per heavy atom. The molecule has 0 heterocycles. The molecule has 0 amide bonds. The second-order valence-corrected chi connectivity index (χ2v) is 9.41. The van der Waals surface area contributed by atoms with Crippen LogP contribution >= 0.6 is 0 Å². The second-order valence-electron chi connectivity index (χ2n) is 9.41. The predicted octanol–water partition coefficient (Wildman–Crippen LogP) is 9.96. The van der Waals surface area contributed by atoms with Gasteiger partial charge in [0.1, 0.15) is 0 Å². The predicted molar refractivity (Wildman–Crippen MR) is 122 cm³/mol. The van der Waals surface area contributed by atoms with Crippen molar-refractivity contribution in [3.8, 4) is 0 Å². The summed E-state index contributed by atoms with van der Waals surface area (Å²) in [5.74, 6) is 2.74. The summed E-state index contributed by atoms with van der Waals surface area (Å²) < 4.78 is 0. The van der Waals surface area contributed by atoms with E-state index in [1.165, 1.54) is 116 Å². The molecule has 0 nitrogen and oxygen atoms in total. The van der Waals surface area contributed by atoms with Crippen LogP contribution in [0.2, 0.25) is 0 Å². The van der Waals surface area contributed by atoms with Crippen LogP contribution < -0.4 is 0 Å². The van der Waals surface area contributed by atoms with Crippen LogP contribution in [0.25, 0.3) is 0 Å². The van der Waals surface area contributed by atoms with E-state index >= 15 is 0 Å². The number of rotatable bonds is 20. The monoisotopic (exact) mass is 366 g/mol. The van der Waals surface area contributed by atoms with Crippen molar-refractivity contribution in [3.63, 3.8) is 0 Å². The van der Waals surface area contributed by atoms with Crippen LogP contribution in [0.3, 0.4) is 0 Å². The molecule has 0 saturated carbocycles. The van der Waals surface area contributed by atoms with Crippen LogP contribution in [0.1, 0.15) is 150 Å². The van der Waals surface area contributed by atoms with E-state index in [-0.39, 0.29) is 0 Å². The van der Waals surface area contributed by atoms with Gasteiger partial charge >= 0.3 is 0 Å². The van der Waals surface area contributed by atoms with E-state index in [0.717, 1.165) is 17.8 Å². The summed E-state index contributed by atoms with van der Waals surface area (Å²) in [7, 11) is 0. The van der Waals surface area contributed by atoms with E-state index in [9.17, 15) is 0 Å². The van der Waals surface area contributed by atoms with Crippen molar-refractivity contribution in [2.45, 2.75) is 150 Å². The smallest absolute Gasteiger partial charge is 0.0365 e. The molecule has 0 radical (unpaired) electrons. The van der Waals surface area contributed by atoms with Gasteiger partial charge in [0.2, 0.25) is 0 Å². The highest BCUT2D eigenvalue weighted by Gasteiger charge is 2.19. The summed E-state index contributed by atoms with van der Waals surface area (Å²) in [5, 5.41) is 0. The van der Waals surface area contributed by atoms with Gasteiger partial charge < -0.3 is 0 Å². The standard InChI is InChI=1S/C26H54/c1-6-8-9-10-11-12-13-14-15-16-17-18-19-20-21-23-25(5)26(22-7-2)24(3)4/h24-26H,6-23H2,1-5H3. The van der Waals surface area contributed by atoms with E-state index in [4.69, 9.17) is 0 Å². The van der Waals surface area contributed by atoms with Gasteiger partial charge in [0, 0.05) is 0 Å². The molecule has 2 unspecified atom stereocenters. The molecule has 0 aromatic carbocycles. The van der Waals surface area contributed by atoms with E-state index in [1.807, 2.05) is 0 Å². The average Bonchev–Trinajstić information content (AvgIpc) is 2.62. The Bertz CT molecular complexity index is 255. The Morgan fingerprint density at radius 2 is 0.808 bits per heavy atom. The van der Waals surface area contributed by atoms with Gasteiger partial charge in [0.25, 0.3) is 0 Å². The topological polar surface area (TPSA) is 0 Å². The molecule has 0 heteroatoms. The summed E-state index contributed by atoms with van der Waals surface area (Å²) in [5.41, 5.74) is 0. The average molecular weight is 367 g/mol. The molecule has 26 heavy (non-hydrogen) atoms. The van der Waals surface area contributed by atoms with Crippen LogP contribution in [0.4, 0.5) is 0 Å². The molecule has 0 aliphatic heterocycles. The van der Waals surface area contributed by atoms with Crippen molar-refractivity contribution in [1.82, 2.24) is 0 Å². The number of hydrogen-bond donors (Lipinski definition) is 0. The van der Waals surface area contributed by atoms with Crippen LogP contribution in [-0.4, -0.2) is 0 Å². The molecule has 158 valence electrons. The van der Waals surface area contributed by atoms with Crippen LogP contribution in [0.5, 0.6) is 0 Å². The molecule has 0 aromatic rings. The van der Waals surface area contributed by atoms with Gasteiger partial charge in [-0.05, 0) is 17.8 Å². The first kappa shape index (κ1) is 26.0. The van der Waals surface area contributed by atoms with Crippen molar-refractivity contribution in [1.29, 1.82) is 0 Å². The zero-order valence-corrected chi connectivity index (χ0v) is 19.5. The summed E-state index contributed by atoms with van der Waals surface area (Å²) in [6, 6.07) is 0. The fourth-order valence-corrected chi connectivity index (χ4v) is 4.66. The highest BCUT2D eigenvalue weighted by molar-refractivity contribution is 4.69. The van der Waals surface area contributed by atoms with Crippen molar-refractivity contribution in [2.75, 3.05) is 0 Å². The lowest BCUT2D eigenvalue weighted by molar-refractivity contribution is 0.234. The summed E-state index contributed by atoms with van der Waals surface area (Å²) in [6.07, 6.45) is 26.3. The summed E-state index contributed by atoms with van der Waals surface area (Å²) >= 11 is 0. The lowest BCUT2D eigenvalue weighted by Crippen LogP contribution is -2.17. The van der Waals surface area contributed by atoms with Gasteiger partial charge in [-0.3, -0.25) is 0 Å². The highest BCUT2D eigenvalue weighted by atomic mass is 14.2. The molecule has 0 N–H and O–H groups in total. The Hall–Kier alpha value is 0. The molecular formula is C26H54. The van der Waals surface area contributed by atoms with Crippen LogP contribution in [0, 0.1) is 17.8 Å². The third kappa shape index (κ3) is 16.2. The third-order valence-corrected chi connectivity index (χ3v) is 6.47. The van der Waals surface area contributed by atoms with Gasteiger partial charge in [-0.15, -0.1) is 0 Å². The van der Waals surface area contributed by atoms with Crippen molar-refractivity contribution in [2.24, 2.45) is 17.8 Å². The van der Waals surface area contributed by atoms with Crippen molar-refractivity contribution < 1.29 is 0 Å². The maximum Gasteiger partial charge on any atom is -0.0365 e. The molecule has 2 atom stereocenters. The minimum absolute atomic E-state index is 0.862. The first-order valence-electron chi connectivity index (χ1n) is 12.6. The third-order valence-electron chi connectivity index (χ3n) is 6.47. The molecule has 0 aliphatic rings. The lowest BCUT2D eigenvalue weighted by atomic mass is 9.79. The molecule has 0 bridgehead atoms. The summed E-state index contributed by atoms with van der Waals surface area (Å²) in [4.78, 5) is 0. The maximum absolute atomic E-state index is 2.50. The SMILES string of the molecule is CCCCCCCCCCCCCCCCCC(C)C(CCC)C(C)C. The maximum atomic E-state index is 2.50. The van der Waals surface area contributed by atoms with Crippen molar-refractivity contribution in [3.05, 3.63) is 0 Å². The van der Waals surface area contributed by atoms with Crippen LogP contribution in [-0.2, 0) is 0 Å². The van der Waals surface area contributed by atoms with E-state index in [0.29, 0.717) is 0 Å². The minimum Gasteiger partial charge on any atom is -0.0654 e. The fraction of sp³-hybridized carbons (Fsp3) is 1.00. The highest BCUT2D eigenvalue weighted by Crippen LogP contribution is 2.29. The molecule has 0 saturated heterocycles. The zero-order valence-electron chi connectivity index (χ0n) is 19.5. The fourth-order valence-electron chi connectivity index (χ4n) is 4.66. The molecule has 0 aromatic heterocycles. The second kappa shape index (κ2) is 19.8. The Kier molecular flexibility index (Phi) is 19.8. The molecule has 0 rings (SSSR count). The first-order valence-corrected chi connectivity index (χ1v) is 12.6. The lowest BCUT2D eigenvalue weighted by Gasteiger charge is -2.27. The van der Waals surface area contributed by atoms with E-state index in [1.54, 1.807) is 0 Å². The Labute approximate surface area is 168 Å². The number of unbranched alkanes of at least 4 members (excludes halogenated alkanes) is 14. The van der Waals surface area contributed by atoms with Gasteiger partial charge in [0.15, 0.2) is 0 Å². The molecular weight excluding hydrogens is 312 g/mol. The quantitative estimate of drug-likeness (QED) is 0.188. The molecule has 0 fully saturated rings. The summed E-state index contributed by atoms with van der Waals surface area (Å²) in [6.45, 7) is 12.0. The van der Waals surface area contributed by atoms with Crippen LogP contribution in [0.15, 0.2) is 0 Å². The Morgan fingerprint density at radius 1 is 0.423 bits per heavy atom. The van der Waals surface area contributed by atoms with Gasteiger partial charge in [0.05, 0.1) is 0 Å². The first-order chi connectivity index (χ1) is 12.6. The zero-order chi connectivity index (χ0) is 19.5. The molecule has 0 aliphatic carbocycles. The number of hydrogen-bond acceptors (Lipinski definition) is 0. The van der Waals surface area contributed by atoms with Gasteiger partial charge in [-0.25, -0.2) is 0 Å². The van der Waals surface area contributed by atoms with Gasteiger partial charge in [-0.2, -0.15) is 0 Å². The Balaban J connectivity index is 3.31. The molecule has 0 spiro atoms.